The van der Waals surface area contributed by atoms with E-state index in [2.05, 4.69) is 23.1 Å². The zero-order valence-electron chi connectivity index (χ0n) is 6.12. The fourth-order valence-corrected chi connectivity index (χ4v) is 1.39. The predicted octanol–water partition coefficient (Wildman–Crippen LogP) is 0.723. The topological polar surface area (TPSA) is 21.1 Å². The van der Waals surface area contributed by atoms with Gasteiger partial charge in [0.25, 0.3) is 0 Å². The summed E-state index contributed by atoms with van der Waals surface area (Å²) in [5.74, 6) is 1.24. The molecule has 2 heterocycles. The summed E-state index contributed by atoms with van der Waals surface area (Å²) in [6, 6.07) is 2.05. The number of aryl methyl sites for hydroxylation is 1. The molecule has 0 N–H and O–H groups in total. The largest absolute Gasteiger partial charge is 0.360 e. The molecule has 0 saturated carbocycles. The highest BCUT2D eigenvalue weighted by molar-refractivity contribution is 5.38. The first-order valence-corrected chi connectivity index (χ1v) is 3.61. The molecule has 0 fully saturated rings. The minimum Gasteiger partial charge on any atom is -0.360 e. The van der Waals surface area contributed by atoms with Crippen LogP contribution in [-0.4, -0.2) is 23.4 Å². The molecule has 3 heteroatoms. The summed E-state index contributed by atoms with van der Waals surface area (Å²) >= 11 is 0. The van der Waals surface area contributed by atoms with Crippen molar-refractivity contribution in [3.05, 3.63) is 12.3 Å². The quantitative estimate of drug-likeness (QED) is 0.525. The van der Waals surface area contributed by atoms with Crippen LogP contribution in [0.1, 0.15) is 6.42 Å². The van der Waals surface area contributed by atoms with Crippen molar-refractivity contribution in [2.45, 2.75) is 13.0 Å². The van der Waals surface area contributed by atoms with Crippen LogP contribution in [0, 0.1) is 0 Å². The number of nitrogens with zero attached hydrogens (tertiary/aromatic N) is 3. The molecular formula is C7H11N3. The van der Waals surface area contributed by atoms with Gasteiger partial charge in [-0.3, -0.25) is 0 Å². The van der Waals surface area contributed by atoms with E-state index in [1.807, 2.05) is 10.9 Å². The van der Waals surface area contributed by atoms with Gasteiger partial charge >= 0.3 is 0 Å². The van der Waals surface area contributed by atoms with Crippen molar-refractivity contribution in [2.75, 3.05) is 18.5 Å². The van der Waals surface area contributed by atoms with Crippen LogP contribution in [0.5, 0.6) is 0 Å². The monoisotopic (exact) mass is 137 g/mol. The van der Waals surface area contributed by atoms with Gasteiger partial charge in [0.1, 0.15) is 5.82 Å². The zero-order valence-corrected chi connectivity index (χ0v) is 6.12. The highest BCUT2D eigenvalue weighted by atomic mass is 15.4. The van der Waals surface area contributed by atoms with Gasteiger partial charge in [-0.15, -0.1) is 0 Å². The van der Waals surface area contributed by atoms with Gasteiger partial charge < -0.3 is 4.90 Å². The summed E-state index contributed by atoms with van der Waals surface area (Å²) < 4.78 is 2.05. The van der Waals surface area contributed by atoms with Crippen LogP contribution < -0.4 is 4.90 Å². The molecule has 0 bridgehead atoms. The standard InChI is InChI=1S/C7H11N3/c1-9-5-2-6-10-7(9)3-4-8-10/h3-4H,2,5-6H2,1H3. The Morgan fingerprint density at radius 2 is 2.40 bits per heavy atom. The summed E-state index contributed by atoms with van der Waals surface area (Å²) in [5.41, 5.74) is 0. The number of hydrogen-bond donors (Lipinski definition) is 0. The number of fused-ring (bicyclic) bond motifs is 1. The SMILES string of the molecule is CN1CCCn2nccc21. The second kappa shape index (κ2) is 2.01. The predicted molar refractivity (Wildman–Crippen MR) is 40.1 cm³/mol. The second-order valence-corrected chi connectivity index (χ2v) is 2.69. The molecule has 1 aromatic rings. The van der Waals surface area contributed by atoms with Crippen LogP contribution in [0.25, 0.3) is 0 Å². The molecule has 54 valence electrons. The van der Waals surface area contributed by atoms with Gasteiger partial charge in [-0.2, -0.15) is 5.10 Å². The Morgan fingerprint density at radius 1 is 1.50 bits per heavy atom. The number of hydrogen-bond acceptors (Lipinski definition) is 2. The summed E-state index contributed by atoms with van der Waals surface area (Å²) in [7, 11) is 2.10. The average Bonchev–Trinajstić information content (AvgIpc) is 2.36. The van der Waals surface area contributed by atoms with Crippen LogP contribution >= 0.6 is 0 Å². The average molecular weight is 137 g/mol. The lowest BCUT2D eigenvalue weighted by molar-refractivity contribution is 0.533. The molecule has 0 aliphatic carbocycles. The zero-order chi connectivity index (χ0) is 6.97. The van der Waals surface area contributed by atoms with E-state index in [0.29, 0.717) is 0 Å². The summed E-state index contributed by atoms with van der Waals surface area (Å²) in [5, 5.41) is 4.18. The van der Waals surface area contributed by atoms with E-state index in [0.717, 1.165) is 13.1 Å². The number of rotatable bonds is 0. The number of aromatic nitrogens is 2. The third-order valence-corrected chi connectivity index (χ3v) is 1.95. The van der Waals surface area contributed by atoms with Gasteiger partial charge in [0.15, 0.2) is 0 Å². The lowest BCUT2D eigenvalue weighted by Crippen LogP contribution is -2.27. The smallest absolute Gasteiger partial charge is 0.126 e. The lowest BCUT2D eigenvalue weighted by Gasteiger charge is -2.24. The summed E-state index contributed by atoms with van der Waals surface area (Å²) in [6.45, 7) is 2.23. The molecular weight excluding hydrogens is 126 g/mol. The third kappa shape index (κ3) is 0.701. The Bertz CT molecular complexity index is 229. The van der Waals surface area contributed by atoms with Crippen LogP contribution in [0.4, 0.5) is 5.82 Å². The first-order chi connectivity index (χ1) is 4.88. The van der Waals surface area contributed by atoms with E-state index in [1.54, 1.807) is 0 Å². The Hall–Kier alpha value is -0.990. The second-order valence-electron chi connectivity index (χ2n) is 2.69. The van der Waals surface area contributed by atoms with Crippen molar-refractivity contribution < 1.29 is 0 Å². The first-order valence-electron chi connectivity index (χ1n) is 3.61. The van der Waals surface area contributed by atoms with Crippen LogP contribution in [0.3, 0.4) is 0 Å². The van der Waals surface area contributed by atoms with Crippen LogP contribution in [0.15, 0.2) is 12.3 Å². The molecule has 0 aromatic carbocycles. The lowest BCUT2D eigenvalue weighted by atomic mass is 10.3. The Kier molecular flexibility index (Phi) is 1.16. The molecule has 0 atom stereocenters. The number of anilines is 1. The van der Waals surface area contributed by atoms with Crippen molar-refractivity contribution in [3.8, 4) is 0 Å². The first kappa shape index (κ1) is 5.77. The van der Waals surface area contributed by atoms with E-state index in [4.69, 9.17) is 0 Å². The van der Waals surface area contributed by atoms with E-state index in [1.165, 1.54) is 12.2 Å². The highest BCUT2D eigenvalue weighted by Gasteiger charge is 2.11. The van der Waals surface area contributed by atoms with E-state index < -0.39 is 0 Å². The minimum absolute atomic E-state index is 1.08. The molecule has 10 heavy (non-hydrogen) atoms. The van der Waals surface area contributed by atoms with Crippen LogP contribution in [-0.2, 0) is 6.54 Å². The maximum absolute atomic E-state index is 4.18. The van der Waals surface area contributed by atoms with Crippen molar-refractivity contribution in [3.63, 3.8) is 0 Å². The van der Waals surface area contributed by atoms with E-state index in [-0.39, 0.29) is 0 Å². The summed E-state index contributed by atoms with van der Waals surface area (Å²) in [6.07, 6.45) is 3.07. The van der Waals surface area contributed by atoms with Crippen LogP contribution in [0.2, 0.25) is 0 Å². The molecule has 1 aliphatic rings. The van der Waals surface area contributed by atoms with E-state index >= 15 is 0 Å². The highest BCUT2D eigenvalue weighted by Crippen LogP contribution is 2.16. The molecule has 1 aromatic heterocycles. The maximum Gasteiger partial charge on any atom is 0.126 e. The molecule has 0 saturated heterocycles. The van der Waals surface area contributed by atoms with Gasteiger partial charge in [0, 0.05) is 26.2 Å². The Balaban J connectivity index is 2.41. The van der Waals surface area contributed by atoms with Gasteiger partial charge in [0.2, 0.25) is 0 Å². The van der Waals surface area contributed by atoms with Crippen molar-refractivity contribution >= 4 is 5.82 Å². The van der Waals surface area contributed by atoms with Crippen molar-refractivity contribution in [2.24, 2.45) is 0 Å². The molecule has 0 radical (unpaired) electrons. The summed E-state index contributed by atoms with van der Waals surface area (Å²) in [4.78, 5) is 2.23. The molecule has 1 aliphatic heterocycles. The van der Waals surface area contributed by atoms with E-state index in [9.17, 15) is 0 Å². The van der Waals surface area contributed by atoms with Gasteiger partial charge in [0.05, 0.1) is 6.20 Å². The minimum atomic E-state index is 1.08. The molecule has 0 spiro atoms. The van der Waals surface area contributed by atoms with Gasteiger partial charge in [-0.25, -0.2) is 4.68 Å². The molecule has 2 rings (SSSR count). The van der Waals surface area contributed by atoms with Crippen molar-refractivity contribution in [1.29, 1.82) is 0 Å². The van der Waals surface area contributed by atoms with Gasteiger partial charge in [-0.05, 0) is 6.42 Å². The molecule has 0 unspecified atom stereocenters. The molecule has 3 nitrogen and oxygen atoms in total. The maximum atomic E-state index is 4.18. The van der Waals surface area contributed by atoms with Crippen molar-refractivity contribution in [1.82, 2.24) is 9.78 Å². The van der Waals surface area contributed by atoms with Gasteiger partial charge in [-0.1, -0.05) is 0 Å². The molecule has 0 amide bonds. The fourth-order valence-electron chi connectivity index (χ4n) is 1.39. The third-order valence-electron chi connectivity index (χ3n) is 1.95. The fraction of sp³-hybridized carbons (Fsp3) is 0.571. The Labute approximate surface area is 60.3 Å². The normalized spacial score (nSPS) is 17.1. The Morgan fingerprint density at radius 3 is 3.20 bits per heavy atom.